The van der Waals surface area contributed by atoms with Crippen molar-refractivity contribution in [3.05, 3.63) is 16.1 Å². The summed E-state index contributed by atoms with van der Waals surface area (Å²) in [5, 5.41) is 4.70. The minimum Gasteiger partial charge on any atom is -0.244 e. The highest BCUT2D eigenvalue weighted by Gasteiger charge is 2.12. The van der Waals surface area contributed by atoms with Gasteiger partial charge in [-0.05, 0) is 22.6 Å². The monoisotopic (exact) mass is 285 g/mol. The average Bonchev–Trinajstić information content (AvgIpc) is 1.86. The molecule has 1 aromatic rings. The number of nitrogens with two attached hydrogens (primary N) is 1. The fourth-order valence-electron chi connectivity index (χ4n) is 0.511. The van der Waals surface area contributed by atoms with Gasteiger partial charge >= 0.3 is 0 Å². The Morgan fingerprint density at radius 3 is 2.55 bits per heavy atom. The molecular formula is C4H4IN3O2S. The first-order chi connectivity index (χ1) is 5.02. The van der Waals surface area contributed by atoms with Crippen LogP contribution in [0.3, 0.4) is 0 Å². The van der Waals surface area contributed by atoms with Gasteiger partial charge in [0.25, 0.3) is 10.0 Å². The molecule has 2 N–H and O–H groups in total. The highest BCUT2D eigenvalue weighted by atomic mass is 127. The molecule has 0 radical (unpaired) electrons. The maximum Gasteiger partial charge on any atom is 0.256 e. The molecule has 0 saturated carbocycles. The Morgan fingerprint density at radius 1 is 1.55 bits per heavy atom. The van der Waals surface area contributed by atoms with Gasteiger partial charge in [-0.25, -0.2) is 23.5 Å². The predicted octanol–water partition coefficient (Wildman–Crippen LogP) is -0.271. The second kappa shape index (κ2) is 2.99. The first kappa shape index (κ1) is 8.81. The summed E-state index contributed by atoms with van der Waals surface area (Å²) >= 11 is 1.80. The van der Waals surface area contributed by atoms with Crippen molar-refractivity contribution in [1.82, 2.24) is 9.97 Å². The molecule has 0 atom stereocenters. The molecule has 5 nitrogen and oxygen atoms in total. The molecule has 60 valence electrons. The molecule has 0 amide bonds. The average molecular weight is 285 g/mol. The zero-order valence-electron chi connectivity index (χ0n) is 5.23. The van der Waals surface area contributed by atoms with E-state index < -0.39 is 10.0 Å². The maximum atomic E-state index is 10.7. The van der Waals surface area contributed by atoms with Crippen LogP contribution in [0.2, 0.25) is 0 Å². The minimum atomic E-state index is -3.69. The van der Waals surface area contributed by atoms with E-state index in [4.69, 9.17) is 5.14 Å². The van der Waals surface area contributed by atoms with Crippen molar-refractivity contribution < 1.29 is 8.42 Å². The summed E-state index contributed by atoms with van der Waals surface area (Å²) in [6.45, 7) is 0. The summed E-state index contributed by atoms with van der Waals surface area (Å²) in [5.74, 6) is 0. The van der Waals surface area contributed by atoms with Crippen LogP contribution in [0.5, 0.6) is 0 Å². The Hall–Kier alpha value is -0.280. The molecule has 0 aliphatic rings. The molecule has 1 heterocycles. The Bertz CT molecular complexity index is 363. The standard InChI is InChI=1S/C4H4IN3O2S/c5-3-1-7-2-8-4(3)11(6,9)10/h1-2H,(H2,6,9,10). The maximum absolute atomic E-state index is 10.7. The topological polar surface area (TPSA) is 85.9 Å². The molecule has 0 fully saturated rings. The van der Waals surface area contributed by atoms with Crippen LogP contribution in [0.25, 0.3) is 0 Å². The van der Waals surface area contributed by atoms with Gasteiger partial charge in [0.2, 0.25) is 0 Å². The van der Waals surface area contributed by atoms with Gasteiger partial charge in [-0.15, -0.1) is 0 Å². The lowest BCUT2D eigenvalue weighted by Crippen LogP contribution is -2.15. The van der Waals surface area contributed by atoms with Crippen molar-refractivity contribution in [3.8, 4) is 0 Å². The summed E-state index contributed by atoms with van der Waals surface area (Å²) in [5.41, 5.74) is 0. The van der Waals surface area contributed by atoms with Gasteiger partial charge < -0.3 is 0 Å². The van der Waals surface area contributed by atoms with E-state index in [2.05, 4.69) is 9.97 Å². The van der Waals surface area contributed by atoms with Crippen LogP contribution in [0.15, 0.2) is 17.6 Å². The Balaban J connectivity index is 3.37. The molecule has 0 spiro atoms. The summed E-state index contributed by atoms with van der Waals surface area (Å²) in [6.07, 6.45) is 2.52. The van der Waals surface area contributed by atoms with Crippen molar-refractivity contribution in [1.29, 1.82) is 0 Å². The Labute approximate surface area is 77.2 Å². The van der Waals surface area contributed by atoms with E-state index in [1.807, 2.05) is 0 Å². The SMILES string of the molecule is NS(=O)(=O)c1ncncc1I. The van der Waals surface area contributed by atoms with Crippen LogP contribution in [0.4, 0.5) is 0 Å². The van der Waals surface area contributed by atoms with E-state index >= 15 is 0 Å². The number of primary sulfonamides is 1. The first-order valence-corrected chi connectivity index (χ1v) is 5.12. The van der Waals surface area contributed by atoms with Crippen LogP contribution in [-0.4, -0.2) is 18.4 Å². The molecule has 0 aliphatic carbocycles. The molecule has 0 bridgehead atoms. The number of hydrogen-bond donors (Lipinski definition) is 1. The summed E-state index contributed by atoms with van der Waals surface area (Å²) in [6, 6.07) is 0. The van der Waals surface area contributed by atoms with Crippen molar-refractivity contribution in [2.75, 3.05) is 0 Å². The van der Waals surface area contributed by atoms with E-state index in [0.717, 1.165) is 6.33 Å². The summed E-state index contributed by atoms with van der Waals surface area (Å²) in [7, 11) is -3.69. The zero-order chi connectivity index (χ0) is 8.48. The number of halogens is 1. The van der Waals surface area contributed by atoms with Gasteiger partial charge in [0.05, 0.1) is 3.57 Å². The third-order valence-electron chi connectivity index (χ3n) is 0.903. The van der Waals surface area contributed by atoms with Gasteiger partial charge in [0, 0.05) is 6.20 Å². The van der Waals surface area contributed by atoms with Crippen LogP contribution >= 0.6 is 22.6 Å². The second-order valence-corrected chi connectivity index (χ2v) is 4.36. The lowest BCUT2D eigenvalue weighted by Gasteiger charge is -1.96. The van der Waals surface area contributed by atoms with Gasteiger partial charge in [0.15, 0.2) is 5.03 Å². The highest BCUT2D eigenvalue weighted by molar-refractivity contribution is 14.1. The van der Waals surface area contributed by atoms with Crippen molar-refractivity contribution in [2.45, 2.75) is 5.03 Å². The van der Waals surface area contributed by atoms with Crippen molar-refractivity contribution >= 4 is 32.6 Å². The third-order valence-corrected chi connectivity index (χ3v) is 2.92. The van der Waals surface area contributed by atoms with Gasteiger partial charge in [-0.3, -0.25) is 0 Å². The number of sulfonamides is 1. The van der Waals surface area contributed by atoms with Crippen LogP contribution in [0, 0.1) is 3.57 Å². The third kappa shape index (κ3) is 2.07. The Kier molecular flexibility index (Phi) is 2.40. The fourth-order valence-corrected chi connectivity index (χ4v) is 2.25. The lowest BCUT2D eigenvalue weighted by atomic mass is 10.7. The van der Waals surface area contributed by atoms with Crippen LogP contribution in [0.1, 0.15) is 0 Å². The number of hydrogen-bond acceptors (Lipinski definition) is 4. The predicted molar refractivity (Wildman–Crippen MR) is 46.1 cm³/mol. The van der Waals surface area contributed by atoms with E-state index in [0.29, 0.717) is 3.57 Å². The van der Waals surface area contributed by atoms with Crippen LogP contribution in [-0.2, 0) is 10.0 Å². The second-order valence-electron chi connectivity index (χ2n) is 1.72. The largest absolute Gasteiger partial charge is 0.256 e. The van der Waals surface area contributed by atoms with Gasteiger partial charge in [0.1, 0.15) is 6.33 Å². The molecule has 0 aromatic carbocycles. The molecule has 0 unspecified atom stereocenters. The molecule has 11 heavy (non-hydrogen) atoms. The molecular weight excluding hydrogens is 281 g/mol. The van der Waals surface area contributed by atoms with E-state index in [1.165, 1.54) is 6.20 Å². The highest BCUT2D eigenvalue weighted by Crippen LogP contribution is 2.10. The summed E-state index contributed by atoms with van der Waals surface area (Å²) < 4.78 is 21.9. The quantitative estimate of drug-likeness (QED) is 0.568. The van der Waals surface area contributed by atoms with E-state index in [-0.39, 0.29) is 5.03 Å². The molecule has 1 rings (SSSR count). The van der Waals surface area contributed by atoms with Crippen molar-refractivity contribution in [2.24, 2.45) is 5.14 Å². The smallest absolute Gasteiger partial charge is 0.244 e. The van der Waals surface area contributed by atoms with Crippen LogP contribution < -0.4 is 5.14 Å². The fraction of sp³-hybridized carbons (Fsp3) is 0. The lowest BCUT2D eigenvalue weighted by molar-refractivity contribution is 0.592. The zero-order valence-corrected chi connectivity index (χ0v) is 8.20. The van der Waals surface area contributed by atoms with Gasteiger partial charge in [-0.2, -0.15) is 0 Å². The minimum absolute atomic E-state index is 0.131. The number of rotatable bonds is 1. The van der Waals surface area contributed by atoms with E-state index in [9.17, 15) is 8.42 Å². The molecule has 0 aliphatic heterocycles. The first-order valence-electron chi connectivity index (χ1n) is 2.50. The molecule has 1 aromatic heterocycles. The summed E-state index contributed by atoms with van der Waals surface area (Å²) in [4.78, 5) is 7.14. The van der Waals surface area contributed by atoms with Crippen molar-refractivity contribution in [3.63, 3.8) is 0 Å². The normalized spacial score (nSPS) is 11.5. The Morgan fingerprint density at radius 2 is 2.18 bits per heavy atom. The molecule has 7 heteroatoms. The number of aromatic nitrogens is 2. The van der Waals surface area contributed by atoms with E-state index in [1.54, 1.807) is 22.6 Å². The number of nitrogens with zero attached hydrogens (tertiary/aromatic N) is 2. The van der Waals surface area contributed by atoms with Gasteiger partial charge in [-0.1, -0.05) is 0 Å². The molecule has 0 saturated heterocycles.